The van der Waals surface area contributed by atoms with Crippen molar-refractivity contribution in [2.75, 3.05) is 0 Å². The molecule has 3 N–H and O–H groups in total. The van der Waals surface area contributed by atoms with Crippen LogP contribution in [0.5, 0.6) is 0 Å². The molecule has 1 aliphatic carbocycles. The van der Waals surface area contributed by atoms with Crippen molar-refractivity contribution < 1.29 is 14.4 Å². The van der Waals surface area contributed by atoms with Gasteiger partial charge in [0.15, 0.2) is 0 Å². The van der Waals surface area contributed by atoms with E-state index in [1.54, 1.807) is 0 Å². The van der Waals surface area contributed by atoms with Gasteiger partial charge in [0, 0.05) is 5.39 Å². The molecular weight excluding hydrogens is 239 g/mol. The lowest BCUT2D eigenvalue weighted by molar-refractivity contribution is 0.386. The van der Waals surface area contributed by atoms with Crippen molar-refractivity contribution in [3.05, 3.63) is 36.5 Å². The minimum absolute atomic E-state index is 0.166. The van der Waals surface area contributed by atoms with Gasteiger partial charge in [0.1, 0.15) is 5.44 Å². The molecule has 17 heavy (non-hydrogen) atoms. The highest BCUT2D eigenvalue weighted by atomic mass is 31.2. The van der Waals surface area contributed by atoms with Gasteiger partial charge in [-0.2, -0.15) is 0 Å². The van der Waals surface area contributed by atoms with E-state index in [1.807, 2.05) is 30.3 Å². The van der Waals surface area contributed by atoms with Crippen molar-refractivity contribution >= 4 is 23.8 Å². The van der Waals surface area contributed by atoms with Gasteiger partial charge in [-0.1, -0.05) is 24.3 Å². The molecule has 3 rings (SSSR count). The molecule has 86 valence electrons. The second-order valence-electron chi connectivity index (χ2n) is 3.81. The summed E-state index contributed by atoms with van der Waals surface area (Å²) in [6, 6.07) is 9.50. The van der Waals surface area contributed by atoms with Crippen LogP contribution in [0.4, 0.5) is 0 Å². The van der Waals surface area contributed by atoms with Gasteiger partial charge < -0.3 is 14.8 Å². The van der Waals surface area contributed by atoms with Crippen molar-refractivity contribution in [1.29, 1.82) is 0 Å². The molecule has 1 heterocycles. The lowest BCUT2D eigenvalue weighted by atomic mass is 10.2. The average molecular weight is 248 g/mol. The number of H-pyrrole nitrogens is 1. The largest absolute Gasteiger partial charge is 0.373 e. The molecule has 0 unspecified atom stereocenters. The van der Waals surface area contributed by atoms with Gasteiger partial charge in [0.05, 0.1) is 17.6 Å². The minimum Gasteiger partial charge on any atom is -0.346 e. The lowest BCUT2D eigenvalue weighted by Crippen LogP contribution is -2.11. The van der Waals surface area contributed by atoms with Crippen LogP contribution in [0.1, 0.15) is 0 Å². The summed E-state index contributed by atoms with van der Waals surface area (Å²) in [7, 11) is -4.28. The van der Waals surface area contributed by atoms with E-state index in [9.17, 15) is 4.57 Å². The third-order valence-corrected chi connectivity index (χ3v) is 3.52. The maximum atomic E-state index is 11.1. The molecule has 0 fully saturated rings. The summed E-state index contributed by atoms with van der Waals surface area (Å²) in [4.78, 5) is 25.0. The van der Waals surface area contributed by atoms with E-state index in [1.165, 1.54) is 6.20 Å². The Morgan fingerprint density at radius 1 is 1.24 bits per heavy atom. The van der Waals surface area contributed by atoms with Crippen molar-refractivity contribution in [3.8, 4) is 11.4 Å². The lowest BCUT2D eigenvalue weighted by Gasteiger charge is -2.06. The van der Waals surface area contributed by atoms with Gasteiger partial charge in [0.2, 0.25) is 0 Å². The number of hydrogen-bond acceptors (Lipinski definition) is 2. The van der Waals surface area contributed by atoms with Crippen LogP contribution in [-0.2, 0) is 4.57 Å². The molecule has 0 amide bonds. The molecule has 0 bridgehead atoms. The van der Waals surface area contributed by atoms with Crippen molar-refractivity contribution in [2.45, 2.75) is 0 Å². The molecule has 5 nitrogen and oxygen atoms in total. The fourth-order valence-corrected chi connectivity index (χ4v) is 2.36. The van der Waals surface area contributed by atoms with Crippen LogP contribution < -0.4 is 5.44 Å². The molecule has 0 saturated heterocycles. The highest BCUT2D eigenvalue weighted by molar-refractivity contribution is 7.60. The van der Waals surface area contributed by atoms with Crippen molar-refractivity contribution in [2.24, 2.45) is 0 Å². The Morgan fingerprint density at radius 2 is 2.00 bits per heavy atom. The summed E-state index contributed by atoms with van der Waals surface area (Å²) >= 11 is 0. The Morgan fingerprint density at radius 3 is 2.76 bits per heavy atom. The number of fused-ring (bicyclic) bond motifs is 3. The quantitative estimate of drug-likeness (QED) is 0.569. The Hall–Kier alpha value is -1.68. The second-order valence-corrected chi connectivity index (χ2v) is 5.38. The summed E-state index contributed by atoms with van der Waals surface area (Å²) in [5.41, 5.74) is 1.19. The average Bonchev–Trinajstić information content (AvgIpc) is 2.65. The van der Waals surface area contributed by atoms with E-state index in [-0.39, 0.29) is 5.44 Å². The summed E-state index contributed by atoms with van der Waals surface area (Å²) in [5.74, 6) is 0. The maximum Gasteiger partial charge on any atom is 0.373 e. The topological polar surface area (TPSA) is 86.2 Å². The van der Waals surface area contributed by atoms with E-state index in [0.29, 0.717) is 5.69 Å². The number of nitrogens with one attached hydrogen (secondary N) is 1. The third kappa shape index (κ3) is 1.65. The van der Waals surface area contributed by atoms with E-state index < -0.39 is 7.60 Å². The Labute approximate surface area is 96.6 Å². The van der Waals surface area contributed by atoms with Crippen LogP contribution >= 0.6 is 7.60 Å². The Kier molecular flexibility index (Phi) is 2.10. The first-order valence-electron chi connectivity index (χ1n) is 4.98. The van der Waals surface area contributed by atoms with E-state index in [4.69, 9.17) is 9.79 Å². The number of hydrogen-bond donors (Lipinski definition) is 3. The third-order valence-electron chi connectivity index (χ3n) is 2.66. The molecule has 0 saturated carbocycles. The normalized spacial score (nSPS) is 12.4. The Bertz CT molecular complexity index is 716. The zero-order valence-electron chi connectivity index (χ0n) is 8.66. The van der Waals surface area contributed by atoms with Gasteiger partial charge in [-0.15, -0.1) is 0 Å². The molecule has 1 aromatic carbocycles. The van der Waals surface area contributed by atoms with E-state index in [0.717, 1.165) is 16.5 Å². The SMILES string of the molecule is O=P(O)(O)c1cnc2c3ccccc3cc-2[nH]1. The van der Waals surface area contributed by atoms with Gasteiger partial charge >= 0.3 is 7.60 Å². The smallest absolute Gasteiger partial charge is 0.346 e. The predicted octanol–water partition coefficient (Wildman–Crippen LogP) is 1.47. The summed E-state index contributed by atoms with van der Waals surface area (Å²) in [5, 5.41) is 1.96. The van der Waals surface area contributed by atoms with Crippen LogP contribution in [0.2, 0.25) is 0 Å². The minimum atomic E-state index is -4.28. The van der Waals surface area contributed by atoms with E-state index in [2.05, 4.69) is 9.97 Å². The van der Waals surface area contributed by atoms with Gasteiger partial charge in [-0.05, 0) is 11.5 Å². The number of aromatic amines is 1. The molecule has 2 aliphatic rings. The van der Waals surface area contributed by atoms with Crippen LogP contribution in [0.25, 0.3) is 22.2 Å². The van der Waals surface area contributed by atoms with Crippen LogP contribution in [-0.4, -0.2) is 19.8 Å². The fourth-order valence-electron chi connectivity index (χ4n) is 1.89. The summed E-state index contributed by atoms with van der Waals surface area (Å²) < 4.78 is 11.1. The number of aromatic nitrogens is 2. The van der Waals surface area contributed by atoms with Gasteiger partial charge in [0.25, 0.3) is 0 Å². The molecule has 1 aromatic rings. The fraction of sp³-hybridized carbons (Fsp3) is 0. The monoisotopic (exact) mass is 248 g/mol. The van der Waals surface area contributed by atoms with Crippen LogP contribution in [0.15, 0.2) is 36.5 Å². The highest BCUT2D eigenvalue weighted by Crippen LogP contribution is 2.35. The van der Waals surface area contributed by atoms with Gasteiger partial charge in [-0.3, -0.25) is 9.55 Å². The highest BCUT2D eigenvalue weighted by Gasteiger charge is 2.21. The zero-order valence-corrected chi connectivity index (χ0v) is 9.56. The summed E-state index contributed by atoms with van der Waals surface area (Å²) in [6.07, 6.45) is 1.19. The second kappa shape index (κ2) is 3.40. The Balaban J connectivity index is 2.34. The molecular formula is C11H9N2O3P. The molecule has 6 heteroatoms. The predicted molar refractivity (Wildman–Crippen MR) is 64.4 cm³/mol. The number of nitrogens with zero attached hydrogens (tertiary/aromatic N) is 1. The van der Waals surface area contributed by atoms with Crippen molar-refractivity contribution in [1.82, 2.24) is 9.97 Å². The molecule has 1 aliphatic heterocycles. The maximum absolute atomic E-state index is 11.1. The first-order chi connectivity index (χ1) is 8.05. The standard InChI is InChI=1S/C11H9N2O3P/c14-17(15,16)10-6-12-11-8-4-2-1-3-7(8)5-9(11)13-10/h1-6,13H,(H2,14,15,16). The number of benzene rings is 1. The van der Waals surface area contributed by atoms with Crippen molar-refractivity contribution in [3.63, 3.8) is 0 Å². The number of rotatable bonds is 1. The van der Waals surface area contributed by atoms with E-state index >= 15 is 0 Å². The first kappa shape index (κ1) is 10.5. The summed E-state index contributed by atoms with van der Waals surface area (Å²) in [6.45, 7) is 0. The molecule has 0 radical (unpaired) electrons. The zero-order chi connectivity index (χ0) is 12.0. The first-order valence-corrected chi connectivity index (χ1v) is 6.59. The van der Waals surface area contributed by atoms with Crippen LogP contribution in [0.3, 0.4) is 0 Å². The van der Waals surface area contributed by atoms with Crippen LogP contribution in [0, 0.1) is 0 Å². The molecule has 0 atom stereocenters. The van der Waals surface area contributed by atoms with Gasteiger partial charge in [-0.25, -0.2) is 0 Å². The molecule has 0 aromatic heterocycles. The molecule has 0 spiro atoms.